The summed E-state index contributed by atoms with van der Waals surface area (Å²) in [5, 5.41) is 9.55. The molecule has 4 heteroatoms. The molecule has 1 aromatic heterocycles. The highest BCUT2D eigenvalue weighted by Gasteiger charge is 2.43. The largest absolute Gasteiger partial charge is 0.481 e. The average molecular weight is 245 g/mol. The van der Waals surface area contributed by atoms with Gasteiger partial charge in [-0.3, -0.25) is 4.79 Å². The van der Waals surface area contributed by atoms with E-state index in [1.807, 2.05) is 18.2 Å². The number of aromatic nitrogens is 1. The molecule has 0 atom stereocenters. The van der Waals surface area contributed by atoms with Crippen molar-refractivity contribution in [3.05, 3.63) is 29.7 Å². The smallest absolute Gasteiger partial charge is 0.314 e. The normalized spacial score (nSPS) is 18.3. The topological polar surface area (TPSA) is 63.3 Å². The van der Waals surface area contributed by atoms with Crippen molar-refractivity contribution in [1.29, 1.82) is 0 Å². The monoisotopic (exact) mass is 245 g/mol. The zero-order valence-electron chi connectivity index (χ0n) is 10.3. The highest BCUT2D eigenvalue weighted by atomic mass is 16.4. The summed E-state index contributed by atoms with van der Waals surface area (Å²) in [4.78, 5) is 15.9. The molecule has 0 aliphatic heterocycles. The number of benzene rings is 1. The number of aliphatic carboxylic acids is 1. The van der Waals surface area contributed by atoms with Crippen LogP contribution in [0.3, 0.4) is 0 Å². The second-order valence-corrected chi connectivity index (χ2v) is 5.01. The Labute approximate surface area is 105 Å². The molecule has 1 heterocycles. The third-order valence-electron chi connectivity index (χ3n) is 3.91. The zero-order chi connectivity index (χ0) is 12.8. The second kappa shape index (κ2) is 3.83. The van der Waals surface area contributed by atoms with Crippen LogP contribution in [0.5, 0.6) is 0 Å². The molecule has 1 aliphatic rings. The molecule has 3 rings (SSSR count). The quantitative estimate of drug-likeness (QED) is 0.883. The van der Waals surface area contributed by atoms with Crippen LogP contribution in [0.1, 0.15) is 37.1 Å². The Morgan fingerprint density at radius 2 is 2.11 bits per heavy atom. The van der Waals surface area contributed by atoms with Gasteiger partial charge in [0.15, 0.2) is 11.5 Å². The molecule has 0 amide bonds. The van der Waals surface area contributed by atoms with E-state index in [0.29, 0.717) is 24.3 Å². The van der Waals surface area contributed by atoms with Gasteiger partial charge in [-0.2, -0.15) is 0 Å². The molecular weight excluding hydrogens is 230 g/mol. The number of aryl methyl sites for hydroxylation is 1. The molecule has 0 saturated heterocycles. The van der Waals surface area contributed by atoms with Crippen molar-refractivity contribution in [1.82, 2.24) is 4.98 Å². The summed E-state index contributed by atoms with van der Waals surface area (Å²) in [7, 11) is 0. The number of carboxylic acid groups (broad SMARTS) is 1. The van der Waals surface area contributed by atoms with Crippen molar-refractivity contribution in [2.24, 2.45) is 0 Å². The van der Waals surface area contributed by atoms with Crippen molar-refractivity contribution in [2.75, 3.05) is 0 Å². The van der Waals surface area contributed by atoms with Gasteiger partial charge in [0.25, 0.3) is 0 Å². The van der Waals surface area contributed by atoms with Gasteiger partial charge in [-0.05, 0) is 30.5 Å². The van der Waals surface area contributed by atoms with Crippen molar-refractivity contribution in [3.63, 3.8) is 0 Å². The Hall–Kier alpha value is -1.84. The molecule has 0 radical (unpaired) electrons. The zero-order valence-corrected chi connectivity index (χ0v) is 10.3. The van der Waals surface area contributed by atoms with Gasteiger partial charge in [-0.1, -0.05) is 18.9 Å². The van der Waals surface area contributed by atoms with E-state index in [1.165, 1.54) is 0 Å². The second-order valence-electron chi connectivity index (χ2n) is 5.01. The minimum atomic E-state index is -0.727. The van der Waals surface area contributed by atoms with Crippen molar-refractivity contribution in [2.45, 2.75) is 38.0 Å². The number of fused-ring (bicyclic) bond motifs is 1. The van der Waals surface area contributed by atoms with E-state index in [0.717, 1.165) is 23.9 Å². The Bertz CT molecular complexity index is 609. The minimum Gasteiger partial charge on any atom is -0.481 e. The summed E-state index contributed by atoms with van der Waals surface area (Å²) >= 11 is 0. The molecule has 1 aliphatic carbocycles. The molecule has 0 unspecified atom stereocenters. The first-order chi connectivity index (χ1) is 8.62. The fourth-order valence-corrected chi connectivity index (χ4v) is 2.94. The molecule has 2 aromatic rings. The lowest BCUT2D eigenvalue weighted by atomic mass is 9.79. The number of nitrogens with zero attached hydrogens (tertiary/aromatic N) is 1. The van der Waals surface area contributed by atoms with Gasteiger partial charge in [0.1, 0.15) is 5.52 Å². The fraction of sp³-hybridized carbons (Fsp3) is 0.429. The van der Waals surface area contributed by atoms with Crippen LogP contribution in [-0.4, -0.2) is 16.1 Å². The van der Waals surface area contributed by atoms with E-state index < -0.39 is 11.4 Å². The summed E-state index contributed by atoms with van der Waals surface area (Å²) in [5.41, 5.74) is 1.58. The third kappa shape index (κ3) is 1.52. The average Bonchev–Trinajstić information content (AvgIpc) is 2.92. The lowest BCUT2D eigenvalue weighted by Gasteiger charge is -2.24. The highest BCUT2D eigenvalue weighted by molar-refractivity contribution is 5.84. The molecule has 1 saturated carbocycles. The van der Waals surface area contributed by atoms with E-state index in [-0.39, 0.29) is 0 Å². The Balaban J connectivity index is 2.14. The van der Waals surface area contributed by atoms with Crippen LogP contribution in [0, 0.1) is 6.92 Å². The summed E-state index contributed by atoms with van der Waals surface area (Å²) in [6.07, 6.45) is 3.36. The first-order valence-electron chi connectivity index (χ1n) is 6.23. The molecular formula is C14H15NO3. The molecule has 1 aromatic carbocycles. The minimum absolute atomic E-state index is 0.609. The van der Waals surface area contributed by atoms with Crippen LogP contribution in [0.2, 0.25) is 0 Å². The maximum Gasteiger partial charge on any atom is 0.314 e. The van der Waals surface area contributed by atoms with Crippen LogP contribution in [0.25, 0.3) is 11.1 Å². The molecule has 1 fully saturated rings. The first-order valence-corrected chi connectivity index (χ1v) is 6.23. The van der Waals surface area contributed by atoms with E-state index in [4.69, 9.17) is 4.42 Å². The van der Waals surface area contributed by atoms with Crippen molar-refractivity contribution < 1.29 is 14.3 Å². The number of oxazole rings is 1. The maximum atomic E-state index is 11.6. The molecule has 1 N–H and O–H groups in total. The molecule has 0 bridgehead atoms. The lowest BCUT2D eigenvalue weighted by molar-refractivity contribution is -0.143. The number of carbonyl (C=O) groups is 1. The van der Waals surface area contributed by atoms with Crippen LogP contribution in [0.15, 0.2) is 22.6 Å². The Kier molecular flexibility index (Phi) is 2.40. The van der Waals surface area contributed by atoms with Crippen molar-refractivity contribution >= 4 is 17.1 Å². The van der Waals surface area contributed by atoms with Gasteiger partial charge in [-0.15, -0.1) is 0 Å². The summed E-state index contributed by atoms with van der Waals surface area (Å²) < 4.78 is 5.49. The molecule has 94 valence electrons. The number of hydrogen-bond donors (Lipinski definition) is 1. The van der Waals surface area contributed by atoms with Gasteiger partial charge in [0, 0.05) is 6.92 Å². The van der Waals surface area contributed by atoms with E-state index in [9.17, 15) is 9.90 Å². The van der Waals surface area contributed by atoms with Crippen molar-refractivity contribution in [3.8, 4) is 0 Å². The van der Waals surface area contributed by atoms with Gasteiger partial charge < -0.3 is 9.52 Å². The highest BCUT2D eigenvalue weighted by Crippen LogP contribution is 2.42. The van der Waals surface area contributed by atoms with Crippen LogP contribution < -0.4 is 0 Å². The summed E-state index contributed by atoms with van der Waals surface area (Å²) in [6, 6.07) is 5.57. The standard InChI is InChI=1S/C14H15NO3/c1-9-15-11-5-4-10(8-12(11)18-9)14(13(16)17)6-2-3-7-14/h4-5,8H,2-3,6-7H2,1H3,(H,16,17). The summed E-state index contributed by atoms with van der Waals surface area (Å²) in [6.45, 7) is 1.79. The molecule has 4 nitrogen and oxygen atoms in total. The summed E-state index contributed by atoms with van der Waals surface area (Å²) in [5.74, 6) is -0.117. The van der Waals surface area contributed by atoms with Gasteiger partial charge in [0.05, 0.1) is 5.41 Å². The number of rotatable bonds is 2. The van der Waals surface area contributed by atoms with Crippen LogP contribution in [0.4, 0.5) is 0 Å². The van der Waals surface area contributed by atoms with Crippen LogP contribution >= 0.6 is 0 Å². The van der Waals surface area contributed by atoms with E-state index >= 15 is 0 Å². The molecule has 18 heavy (non-hydrogen) atoms. The fourth-order valence-electron chi connectivity index (χ4n) is 2.94. The lowest BCUT2D eigenvalue weighted by Crippen LogP contribution is -2.32. The Morgan fingerprint density at radius 1 is 1.39 bits per heavy atom. The van der Waals surface area contributed by atoms with Crippen LogP contribution in [-0.2, 0) is 10.2 Å². The first kappa shape index (κ1) is 11.3. The molecule has 0 spiro atoms. The van der Waals surface area contributed by atoms with Gasteiger partial charge in [-0.25, -0.2) is 4.98 Å². The Morgan fingerprint density at radius 3 is 2.78 bits per heavy atom. The van der Waals surface area contributed by atoms with E-state index in [1.54, 1.807) is 6.92 Å². The predicted molar refractivity (Wildman–Crippen MR) is 66.5 cm³/mol. The SMILES string of the molecule is Cc1nc2ccc(C3(C(=O)O)CCCC3)cc2o1. The maximum absolute atomic E-state index is 11.6. The van der Waals surface area contributed by atoms with Gasteiger partial charge in [0.2, 0.25) is 0 Å². The number of carboxylic acids is 1. The third-order valence-corrected chi connectivity index (χ3v) is 3.91. The predicted octanol–water partition coefficient (Wildman–Crippen LogP) is 3.03. The number of hydrogen-bond acceptors (Lipinski definition) is 3. The van der Waals surface area contributed by atoms with Gasteiger partial charge >= 0.3 is 5.97 Å². The van der Waals surface area contributed by atoms with E-state index in [2.05, 4.69) is 4.98 Å².